The zero-order valence-corrected chi connectivity index (χ0v) is 12.0. The summed E-state index contributed by atoms with van der Waals surface area (Å²) in [7, 11) is 1.43. The quantitative estimate of drug-likeness (QED) is 0.803. The minimum absolute atomic E-state index is 0.00735. The first kappa shape index (κ1) is 16.3. The first-order chi connectivity index (χ1) is 9.45. The summed E-state index contributed by atoms with van der Waals surface area (Å²) in [6.45, 7) is 1.64. The van der Waals surface area contributed by atoms with Gasteiger partial charge >= 0.3 is 5.97 Å². The van der Waals surface area contributed by atoms with Gasteiger partial charge in [-0.1, -0.05) is 6.07 Å². The molecule has 1 atom stereocenters. The monoisotopic (exact) mass is 301 g/mol. The standard InChI is InChI=1S/C13H16FNO4S/c1-8(15-11(16)6-20-7-12(17)18)13-9(14)4-3-5-10(13)19-2/h3-5,8H,6-7H2,1-2H3,(H,15,16)(H,17,18). The number of thioether (sulfide) groups is 1. The number of carbonyl (C=O) groups is 2. The molecule has 0 heterocycles. The van der Waals surface area contributed by atoms with Gasteiger partial charge in [0.15, 0.2) is 0 Å². The number of amides is 1. The van der Waals surface area contributed by atoms with Crippen molar-refractivity contribution in [3.05, 3.63) is 29.6 Å². The van der Waals surface area contributed by atoms with Crippen molar-refractivity contribution in [3.63, 3.8) is 0 Å². The number of aliphatic carboxylic acids is 1. The average Bonchev–Trinajstić information content (AvgIpc) is 2.37. The minimum Gasteiger partial charge on any atom is -0.496 e. The van der Waals surface area contributed by atoms with Gasteiger partial charge in [-0.05, 0) is 19.1 Å². The number of hydrogen-bond acceptors (Lipinski definition) is 4. The Hall–Kier alpha value is -1.76. The van der Waals surface area contributed by atoms with E-state index in [9.17, 15) is 14.0 Å². The zero-order valence-electron chi connectivity index (χ0n) is 11.2. The summed E-state index contributed by atoms with van der Waals surface area (Å²) in [5, 5.41) is 11.1. The average molecular weight is 301 g/mol. The molecule has 0 aliphatic rings. The molecule has 1 unspecified atom stereocenters. The number of benzene rings is 1. The molecule has 0 aliphatic carbocycles. The van der Waals surface area contributed by atoms with Crippen LogP contribution in [0.2, 0.25) is 0 Å². The lowest BCUT2D eigenvalue weighted by Gasteiger charge is -2.17. The number of rotatable bonds is 7. The van der Waals surface area contributed by atoms with Crippen LogP contribution in [0.25, 0.3) is 0 Å². The van der Waals surface area contributed by atoms with Crippen molar-refractivity contribution in [3.8, 4) is 5.75 Å². The lowest BCUT2D eigenvalue weighted by atomic mass is 10.1. The maximum Gasteiger partial charge on any atom is 0.313 e. The molecule has 0 aromatic heterocycles. The first-order valence-corrected chi connectivity index (χ1v) is 7.02. The van der Waals surface area contributed by atoms with Crippen molar-refractivity contribution in [1.29, 1.82) is 0 Å². The highest BCUT2D eigenvalue weighted by Gasteiger charge is 2.18. The zero-order chi connectivity index (χ0) is 15.1. The second-order valence-electron chi connectivity index (χ2n) is 4.03. The van der Waals surface area contributed by atoms with Crippen LogP contribution in [0.4, 0.5) is 4.39 Å². The largest absolute Gasteiger partial charge is 0.496 e. The fourth-order valence-electron chi connectivity index (χ4n) is 1.70. The van der Waals surface area contributed by atoms with Crippen molar-refractivity contribution >= 4 is 23.6 Å². The lowest BCUT2D eigenvalue weighted by molar-refractivity contribution is -0.133. The normalized spacial score (nSPS) is 11.8. The van der Waals surface area contributed by atoms with Crippen molar-refractivity contribution in [2.24, 2.45) is 0 Å². The van der Waals surface area contributed by atoms with Crippen LogP contribution in [-0.2, 0) is 9.59 Å². The van der Waals surface area contributed by atoms with E-state index in [1.807, 2.05) is 0 Å². The van der Waals surface area contributed by atoms with E-state index < -0.39 is 17.8 Å². The molecule has 1 rings (SSSR count). The second kappa shape index (κ2) is 7.74. The van der Waals surface area contributed by atoms with E-state index in [1.54, 1.807) is 13.0 Å². The Morgan fingerprint density at radius 3 is 2.75 bits per heavy atom. The number of nitrogens with one attached hydrogen (secondary N) is 1. The predicted octanol–water partition coefficient (Wildman–Crippen LogP) is 1.83. The topological polar surface area (TPSA) is 75.6 Å². The second-order valence-corrected chi connectivity index (χ2v) is 5.02. The molecule has 1 aromatic rings. The predicted molar refractivity (Wildman–Crippen MR) is 74.5 cm³/mol. The number of hydrogen-bond donors (Lipinski definition) is 2. The van der Waals surface area contributed by atoms with E-state index in [-0.39, 0.29) is 23.0 Å². The Labute approximate surface area is 120 Å². The molecule has 0 spiro atoms. The number of halogens is 1. The first-order valence-electron chi connectivity index (χ1n) is 5.87. The van der Waals surface area contributed by atoms with Gasteiger partial charge in [0.1, 0.15) is 11.6 Å². The Kier molecular flexibility index (Phi) is 6.30. The SMILES string of the molecule is COc1cccc(F)c1C(C)NC(=O)CSCC(=O)O. The third-order valence-corrected chi connectivity index (χ3v) is 3.42. The van der Waals surface area contributed by atoms with Crippen molar-refractivity contribution in [1.82, 2.24) is 5.32 Å². The van der Waals surface area contributed by atoms with Crippen LogP contribution < -0.4 is 10.1 Å². The molecular formula is C13H16FNO4S. The van der Waals surface area contributed by atoms with Gasteiger partial charge in [0.05, 0.1) is 30.2 Å². The third kappa shape index (κ3) is 4.73. The smallest absolute Gasteiger partial charge is 0.313 e. The molecule has 20 heavy (non-hydrogen) atoms. The van der Waals surface area contributed by atoms with Crippen LogP contribution in [-0.4, -0.2) is 35.6 Å². The van der Waals surface area contributed by atoms with Gasteiger partial charge in [-0.15, -0.1) is 11.8 Å². The van der Waals surface area contributed by atoms with Crippen molar-refractivity contribution in [2.45, 2.75) is 13.0 Å². The van der Waals surface area contributed by atoms with Crippen LogP contribution in [0.15, 0.2) is 18.2 Å². The van der Waals surface area contributed by atoms with E-state index in [2.05, 4.69) is 5.32 Å². The Morgan fingerprint density at radius 1 is 1.45 bits per heavy atom. The third-order valence-electron chi connectivity index (χ3n) is 2.50. The maximum absolute atomic E-state index is 13.8. The van der Waals surface area contributed by atoms with E-state index in [4.69, 9.17) is 9.84 Å². The fourth-order valence-corrected chi connectivity index (χ4v) is 2.25. The number of carboxylic acid groups (broad SMARTS) is 1. The molecule has 0 aliphatic heterocycles. The summed E-state index contributed by atoms with van der Waals surface area (Å²) < 4.78 is 18.8. The highest BCUT2D eigenvalue weighted by atomic mass is 32.2. The van der Waals surface area contributed by atoms with E-state index in [0.29, 0.717) is 5.75 Å². The summed E-state index contributed by atoms with van der Waals surface area (Å²) in [6, 6.07) is 3.86. The van der Waals surface area contributed by atoms with Crippen LogP contribution >= 0.6 is 11.8 Å². The van der Waals surface area contributed by atoms with Crippen molar-refractivity contribution < 1.29 is 23.8 Å². The van der Waals surface area contributed by atoms with Gasteiger partial charge in [-0.2, -0.15) is 0 Å². The summed E-state index contributed by atoms with van der Waals surface area (Å²) in [5.74, 6) is -1.58. The highest BCUT2D eigenvalue weighted by molar-refractivity contribution is 8.00. The maximum atomic E-state index is 13.8. The van der Waals surface area contributed by atoms with Crippen molar-refractivity contribution in [2.75, 3.05) is 18.6 Å². The minimum atomic E-state index is -0.980. The Morgan fingerprint density at radius 2 is 2.15 bits per heavy atom. The summed E-state index contributed by atoms with van der Waals surface area (Å²) >= 11 is 0.984. The molecular weight excluding hydrogens is 285 g/mol. The summed E-state index contributed by atoms with van der Waals surface area (Å²) in [4.78, 5) is 22.0. The summed E-state index contributed by atoms with van der Waals surface area (Å²) in [6.07, 6.45) is 0. The molecule has 0 bridgehead atoms. The van der Waals surface area contributed by atoms with Gasteiger partial charge in [-0.3, -0.25) is 9.59 Å². The Bertz CT molecular complexity index is 495. The van der Waals surface area contributed by atoms with Crippen LogP contribution in [0.3, 0.4) is 0 Å². The molecule has 0 fully saturated rings. The Balaban J connectivity index is 2.64. The number of methoxy groups -OCH3 is 1. The van der Waals surface area contributed by atoms with Crippen LogP contribution in [0.1, 0.15) is 18.5 Å². The van der Waals surface area contributed by atoms with E-state index in [0.717, 1.165) is 11.8 Å². The number of carboxylic acids is 1. The van der Waals surface area contributed by atoms with E-state index in [1.165, 1.54) is 19.2 Å². The van der Waals surface area contributed by atoms with Gasteiger partial charge in [-0.25, -0.2) is 4.39 Å². The van der Waals surface area contributed by atoms with E-state index >= 15 is 0 Å². The van der Waals surface area contributed by atoms with Gasteiger partial charge in [0.25, 0.3) is 0 Å². The molecule has 110 valence electrons. The molecule has 7 heteroatoms. The number of ether oxygens (including phenoxy) is 1. The van der Waals surface area contributed by atoms with Crippen LogP contribution in [0, 0.1) is 5.82 Å². The molecule has 2 N–H and O–H groups in total. The van der Waals surface area contributed by atoms with Gasteiger partial charge in [0, 0.05) is 0 Å². The number of carbonyl (C=O) groups excluding carboxylic acids is 1. The fraction of sp³-hybridized carbons (Fsp3) is 0.385. The van der Waals surface area contributed by atoms with Gasteiger partial charge in [0.2, 0.25) is 5.91 Å². The molecule has 0 radical (unpaired) electrons. The highest BCUT2D eigenvalue weighted by Crippen LogP contribution is 2.27. The lowest BCUT2D eigenvalue weighted by Crippen LogP contribution is -2.29. The molecule has 1 amide bonds. The molecule has 0 saturated heterocycles. The summed E-state index contributed by atoms with van der Waals surface area (Å²) in [5.41, 5.74) is 0.270. The van der Waals surface area contributed by atoms with Crippen LogP contribution in [0.5, 0.6) is 5.75 Å². The molecule has 5 nitrogen and oxygen atoms in total. The molecule has 0 saturated carbocycles. The van der Waals surface area contributed by atoms with Gasteiger partial charge < -0.3 is 15.2 Å². The molecule has 1 aromatic carbocycles.